The zero-order chi connectivity index (χ0) is 31.3. The highest BCUT2D eigenvalue weighted by Crippen LogP contribution is 2.56. The molecule has 0 radical (unpaired) electrons. The summed E-state index contributed by atoms with van der Waals surface area (Å²) in [6, 6.07) is 13.8. The highest BCUT2D eigenvalue weighted by Gasteiger charge is 2.65. The number of esters is 1. The third kappa shape index (κ3) is 5.38. The molecule has 5 rings (SSSR count). The van der Waals surface area contributed by atoms with E-state index in [4.69, 9.17) is 9.47 Å². The summed E-state index contributed by atoms with van der Waals surface area (Å²) in [5, 5.41) is 9.59. The molecule has 2 unspecified atom stereocenters. The van der Waals surface area contributed by atoms with Gasteiger partial charge in [-0.05, 0) is 84.3 Å². The van der Waals surface area contributed by atoms with E-state index in [1.54, 1.807) is 13.0 Å². The van der Waals surface area contributed by atoms with Crippen LogP contribution in [-0.4, -0.2) is 44.1 Å². The standard InChI is InChI=1S/C34H38FN3O5/c1-18-8-10-23-25(14-18)37-32(41)34(23)27(17-33(3,4)5)38-29(28(34)21-12-19(2)13-22(35)15-21)30(39)36-24-11-9-20(31(40)43-7)16-26(24)42-6/h8-16,27-29,38H,17H2,1-7H3,(H,36,39)(H,37,41)/t27?,28?,29-,34-/m1/s1. The molecule has 4 atom stereocenters. The highest BCUT2D eigenvalue weighted by molar-refractivity contribution is 6.10. The van der Waals surface area contributed by atoms with Gasteiger partial charge in [-0.15, -0.1) is 0 Å². The first-order valence-corrected chi connectivity index (χ1v) is 14.3. The van der Waals surface area contributed by atoms with Crippen LogP contribution in [0, 0.1) is 25.1 Å². The second-order valence-electron chi connectivity index (χ2n) is 12.8. The fraction of sp³-hybridized carbons (Fsp3) is 0.382. The van der Waals surface area contributed by atoms with E-state index < -0.39 is 41.1 Å². The van der Waals surface area contributed by atoms with Crippen LogP contribution in [0.5, 0.6) is 5.75 Å². The summed E-state index contributed by atoms with van der Waals surface area (Å²) in [5.74, 6) is -2.10. The molecule has 0 aromatic heterocycles. The maximum atomic E-state index is 15.0. The Kier molecular flexibility index (Phi) is 7.81. The van der Waals surface area contributed by atoms with Crippen LogP contribution in [0.4, 0.5) is 15.8 Å². The van der Waals surface area contributed by atoms with Crippen molar-refractivity contribution in [1.82, 2.24) is 5.32 Å². The molecule has 1 saturated heterocycles. The molecule has 3 aromatic carbocycles. The topological polar surface area (TPSA) is 106 Å². The predicted molar refractivity (Wildman–Crippen MR) is 163 cm³/mol. The SMILES string of the molecule is COC(=O)c1ccc(NC(=O)[C@@H]2NC(CC(C)(C)C)[C@@]3(C(=O)Nc4cc(C)ccc43)C2c2cc(C)cc(F)c2)c(OC)c1. The Morgan fingerprint density at radius 2 is 1.74 bits per heavy atom. The number of amides is 2. The number of aryl methyl sites for hydroxylation is 2. The minimum absolute atomic E-state index is 0.209. The third-order valence-corrected chi connectivity index (χ3v) is 8.40. The van der Waals surface area contributed by atoms with Crippen molar-refractivity contribution in [3.63, 3.8) is 0 Å². The van der Waals surface area contributed by atoms with Crippen molar-refractivity contribution < 1.29 is 28.2 Å². The zero-order valence-electron chi connectivity index (χ0n) is 25.6. The first-order valence-electron chi connectivity index (χ1n) is 14.3. The number of nitrogens with one attached hydrogen (secondary N) is 3. The van der Waals surface area contributed by atoms with Crippen molar-refractivity contribution >= 4 is 29.2 Å². The monoisotopic (exact) mass is 587 g/mol. The number of carbonyl (C=O) groups excluding carboxylic acids is 3. The van der Waals surface area contributed by atoms with E-state index in [1.807, 2.05) is 31.2 Å². The fourth-order valence-electron chi connectivity index (χ4n) is 6.76. The van der Waals surface area contributed by atoms with E-state index in [-0.39, 0.29) is 22.6 Å². The number of ether oxygens (including phenoxy) is 2. The van der Waals surface area contributed by atoms with Gasteiger partial charge in [-0.25, -0.2) is 9.18 Å². The Hall–Kier alpha value is -4.24. The molecule has 8 nitrogen and oxygen atoms in total. The number of rotatable bonds is 6. The lowest BCUT2D eigenvalue weighted by Gasteiger charge is -2.37. The molecule has 0 bridgehead atoms. The number of methoxy groups -OCH3 is 2. The number of hydrogen-bond acceptors (Lipinski definition) is 6. The quantitative estimate of drug-likeness (QED) is 0.323. The van der Waals surface area contributed by atoms with Gasteiger partial charge >= 0.3 is 5.97 Å². The molecule has 3 N–H and O–H groups in total. The van der Waals surface area contributed by atoms with Gasteiger partial charge in [0.15, 0.2) is 0 Å². The van der Waals surface area contributed by atoms with Crippen molar-refractivity contribution in [2.24, 2.45) is 5.41 Å². The van der Waals surface area contributed by atoms with Crippen LogP contribution in [0.25, 0.3) is 0 Å². The molecular weight excluding hydrogens is 549 g/mol. The van der Waals surface area contributed by atoms with Crippen LogP contribution < -0.4 is 20.7 Å². The maximum Gasteiger partial charge on any atom is 0.337 e. The summed E-state index contributed by atoms with van der Waals surface area (Å²) in [6.07, 6.45) is 0.569. The minimum Gasteiger partial charge on any atom is -0.495 e. The summed E-state index contributed by atoms with van der Waals surface area (Å²) >= 11 is 0. The number of carbonyl (C=O) groups is 3. The lowest BCUT2D eigenvalue weighted by molar-refractivity contribution is -0.122. The van der Waals surface area contributed by atoms with Crippen LogP contribution in [0.15, 0.2) is 54.6 Å². The van der Waals surface area contributed by atoms with Gasteiger partial charge in [0.05, 0.1) is 31.5 Å². The summed E-state index contributed by atoms with van der Waals surface area (Å²) in [4.78, 5) is 40.7. The van der Waals surface area contributed by atoms with Crippen LogP contribution in [-0.2, 0) is 19.7 Å². The second kappa shape index (κ2) is 11.1. The Labute approximate surface area is 251 Å². The number of benzene rings is 3. The van der Waals surface area contributed by atoms with Crippen molar-refractivity contribution in [2.75, 3.05) is 24.9 Å². The average molecular weight is 588 g/mol. The molecule has 1 spiro atoms. The number of halogens is 1. The van der Waals surface area contributed by atoms with Gasteiger partial charge in [0, 0.05) is 17.6 Å². The smallest absolute Gasteiger partial charge is 0.337 e. The Morgan fingerprint density at radius 1 is 1.00 bits per heavy atom. The lowest BCUT2D eigenvalue weighted by Crippen LogP contribution is -2.49. The van der Waals surface area contributed by atoms with Gasteiger partial charge in [-0.3, -0.25) is 9.59 Å². The largest absolute Gasteiger partial charge is 0.495 e. The molecule has 3 aromatic rings. The van der Waals surface area contributed by atoms with Crippen molar-refractivity contribution in [3.05, 3.63) is 88.2 Å². The summed E-state index contributed by atoms with van der Waals surface area (Å²) in [5.41, 5.74) is 2.92. The van der Waals surface area contributed by atoms with Gasteiger partial charge < -0.3 is 25.4 Å². The van der Waals surface area contributed by atoms with E-state index in [9.17, 15) is 14.4 Å². The van der Waals surface area contributed by atoms with Gasteiger partial charge in [-0.1, -0.05) is 39.0 Å². The van der Waals surface area contributed by atoms with Crippen LogP contribution in [0.1, 0.15) is 65.7 Å². The molecule has 2 aliphatic heterocycles. The fourth-order valence-corrected chi connectivity index (χ4v) is 6.76. The van der Waals surface area contributed by atoms with Gasteiger partial charge in [-0.2, -0.15) is 0 Å². The summed E-state index contributed by atoms with van der Waals surface area (Å²) in [7, 11) is 2.72. The Balaban J connectivity index is 1.68. The van der Waals surface area contributed by atoms with E-state index in [0.717, 1.165) is 11.1 Å². The van der Waals surface area contributed by atoms with Crippen molar-refractivity contribution in [2.45, 2.75) is 64.5 Å². The summed E-state index contributed by atoms with van der Waals surface area (Å²) in [6.45, 7) is 10.0. The van der Waals surface area contributed by atoms with Gasteiger partial charge in [0.1, 0.15) is 17.0 Å². The van der Waals surface area contributed by atoms with Crippen LogP contribution in [0.3, 0.4) is 0 Å². The zero-order valence-corrected chi connectivity index (χ0v) is 25.6. The van der Waals surface area contributed by atoms with E-state index >= 15 is 4.39 Å². The van der Waals surface area contributed by atoms with Gasteiger partial charge in [0.25, 0.3) is 0 Å². The Morgan fingerprint density at radius 3 is 2.40 bits per heavy atom. The highest BCUT2D eigenvalue weighted by atomic mass is 19.1. The molecule has 2 aliphatic rings. The average Bonchev–Trinajstić information content (AvgIpc) is 3.41. The molecule has 9 heteroatoms. The second-order valence-corrected chi connectivity index (χ2v) is 12.8. The van der Waals surface area contributed by atoms with Crippen molar-refractivity contribution in [1.29, 1.82) is 0 Å². The lowest BCUT2D eigenvalue weighted by atomic mass is 9.62. The van der Waals surface area contributed by atoms with E-state index in [1.165, 1.54) is 38.5 Å². The molecule has 43 heavy (non-hydrogen) atoms. The summed E-state index contributed by atoms with van der Waals surface area (Å²) < 4.78 is 25.3. The van der Waals surface area contributed by atoms with Gasteiger partial charge in [0.2, 0.25) is 11.8 Å². The number of anilines is 2. The van der Waals surface area contributed by atoms with E-state index in [2.05, 4.69) is 36.7 Å². The first kappa shape index (κ1) is 30.2. The molecular formula is C34H38FN3O5. The van der Waals surface area contributed by atoms with Crippen LogP contribution in [0.2, 0.25) is 0 Å². The predicted octanol–water partition coefficient (Wildman–Crippen LogP) is 5.63. The maximum absolute atomic E-state index is 15.0. The number of hydrogen-bond donors (Lipinski definition) is 3. The molecule has 0 saturated carbocycles. The molecule has 0 aliphatic carbocycles. The normalized spacial score (nSPS) is 22.7. The number of fused-ring (bicyclic) bond motifs is 2. The third-order valence-electron chi connectivity index (χ3n) is 8.40. The van der Waals surface area contributed by atoms with Crippen LogP contribution >= 0.6 is 0 Å². The molecule has 2 heterocycles. The minimum atomic E-state index is -1.20. The van der Waals surface area contributed by atoms with Crippen molar-refractivity contribution in [3.8, 4) is 5.75 Å². The Bertz CT molecular complexity index is 1590. The first-order chi connectivity index (χ1) is 20.3. The van der Waals surface area contributed by atoms with E-state index in [0.29, 0.717) is 28.9 Å². The molecule has 2 amide bonds. The molecule has 226 valence electrons. The molecule has 1 fully saturated rings.